The Morgan fingerprint density at radius 3 is 2.37 bits per heavy atom. The first-order valence-electron chi connectivity index (χ1n) is 5.70. The van der Waals surface area contributed by atoms with Crippen LogP contribution in [-0.2, 0) is 22.4 Å². The van der Waals surface area contributed by atoms with E-state index in [1.807, 2.05) is 0 Å². The molecule has 2 rings (SSSR count). The predicted molar refractivity (Wildman–Crippen MR) is 68.9 cm³/mol. The van der Waals surface area contributed by atoms with E-state index in [0.717, 1.165) is 18.8 Å². The summed E-state index contributed by atoms with van der Waals surface area (Å²) in [6, 6.07) is 7.15. The van der Waals surface area contributed by atoms with Gasteiger partial charge in [-0.25, -0.2) is 4.90 Å². The maximum absolute atomic E-state index is 10.6. The van der Waals surface area contributed by atoms with Crippen molar-refractivity contribution in [2.75, 3.05) is 18.0 Å². The van der Waals surface area contributed by atoms with Crippen LogP contribution in [0.1, 0.15) is 15.3 Å². The molecule has 0 N–H and O–H groups in total. The van der Waals surface area contributed by atoms with Gasteiger partial charge >= 0.3 is 22.4 Å². The van der Waals surface area contributed by atoms with Crippen LogP contribution in [0.3, 0.4) is 0 Å². The summed E-state index contributed by atoms with van der Waals surface area (Å²) in [4.78, 5) is 12.3. The van der Waals surface area contributed by atoms with Crippen LogP contribution < -0.4 is 17.3 Å². The molecule has 110 valence electrons. The number of rotatable bonds is 3. The molecule has 0 aromatic heterocycles. The SMILES string of the molecule is CC(C)[N+]1=CN(c2ccc([N+](=O)[O-])cc2)CC1.[Au+].[Cl-].[HH]. The summed E-state index contributed by atoms with van der Waals surface area (Å²) in [7, 11) is 0. The number of halogens is 1. The second kappa shape index (κ2) is 7.65. The summed E-state index contributed by atoms with van der Waals surface area (Å²) < 4.78 is 2.25. The van der Waals surface area contributed by atoms with Crippen LogP contribution in [-0.4, -0.2) is 35.0 Å². The average Bonchev–Trinajstić information content (AvgIpc) is 2.78. The molecule has 0 saturated carbocycles. The second-order valence-electron chi connectivity index (χ2n) is 4.41. The Morgan fingerprint density at radius 1 is 1.37 bits per heavy atom. The van der Waals surface area contributed by atoms with Crippen molar-refractivity contribution in [2.24, 2.45) is 0 Å². The van der Waals surface area contributed by atoms with Gasteiger partial charge in [0.05, 0.1) is 11.0 Å². The molecule has 0 radical (unpaired) electrons. The van der Waals surface area contributed by atoms with Crippen LogP contribution >= 0.6 is 0 Å². The van der Waals surface area contributed by atoms with Gasteiger partial charge in [0.15, 0.2) is 0 Å². The minimum atomic E-state index is -0.377. The van der Waals surface area contributed by atoms with Gasteiger partial charge in [0.1, 0.15) is 18.8 Å². The Morgan fingerprint density at radius 2 is 1.95 bits per heavy atom. The van der Waals surface area contributed by atoms with Gasteiger partial charge in [-0.3, -0.25) is 14.7 Å². The third-order valence-electron chi connectivity index (χ3n) is 2.94. The number of benzene rings is 1. The fraction of sp³-hybridized carbons (Fsp3) is 0.417. The van der Waals surface area contributed by atoms with E-state index in [2.05, 4.69) is 29.7 Å². The quantitative estimate of drug-likeness (QED) is 0.250. The zero-order valence-electron chi connectivity index (χ0n) is 10.7. The first kappa shape index (κ1) is 18.1. The number of anilines is 1. The summed E-state index contributed by atoms with van der Waals surface area (Å²) in [6.07, 6.45) is 2.08. The molecule has 0 spiro atoms. The molecular formula is C12H18AuClN3O2+. The normalized spacial score (nSPS) is 13.6. The predicted octanol–water partition coefficient (Wildman–Crippen LogP) is -0.888. The van der Waals surface area contributed by atoms with Crippen molar-refractivity contribution in [2.45, 2.75) is 19.9 Å². The molecule has 1 aliphatic rings. The van der Waals surface area contributed by atoms with E-state index >= 15 is 0 Å². The maximum Gasteiger partial charge on any atom is 1.00 e. The molecule has 1 aromatic rings. The average molecular weight is 469 g/mol. The van der Waals surface area contributed by atoms with Crippen molar-refractivity contribution >= 4 is 17.7 Å². The molecule has 0 amide bonds. The van der Waals surface area contributed by atoms with Crippen LogP contribution in [0.25, 0.3) is 0 Å². The first-order chi connectivity index (χ1) is 8.08. The van der Waals surface area contributed by atoms with Crippen molar-refractivity contribution < 1.29 is 45.7 Å². The molecular weight excluding hydrogens is 451 g/mol. The van der Waals surface area contributed by atoms with E-state index in [1.165, 1.54) is 0 Å². The second-order valence-corrected chi connectivity index (χ2v) is 4.41. The van der Waals surface area contributed by atoms with E-state index in [9.17, 15) is 10.1 Å². The fourth-order valence-electron chi connectivity index (χ4n) is 1.87. The van der Waals surface area contributed by atoms with Gasteiger partial charge in [0.25, 0.3) is 5.69 Å². The standard InChI is InChI=1S/C12H16N3O2.Au.ClH.H2/c1-10(2)13-7-8-14(9-13)11-3-5-12(6-4-11)15(16)17;;;/h3-6,9-10H,7-8H2,1-2H3;;2*1H/q2*+1;;/p-1. The number of nitrogens with zero attached hydrogens (tertiary/aromatic N) is 3. The van der Waals surface area contributed by atoms with Gasteiger partial charge in [0.2, 0.25) is 6.34 Å². The van der Waals surface area contributed by atoms with Gasteiger partial charge in [0, 0.05) is 13.6 Å². The van der Waals surface area contributed by atoms with Crippen molar-refractivity contribution in [3.05, 3.63) is 34.4 Å². The molecule has 0 atom stereocenters. The van der Waals surface area contributed by atoms with Crippen molar-refractivity contribution in [1.82, 2.24) is 0 Å². The van der Waals surface area contributed by atoms with Crippen molar-refractivity contribution in [3.63, 3.8) is 0 Å². The van der Waals surface area contributed by atoms with Crippen LogP contribution in [0.4, 0.5) is 11.4 Å². The topological polar surface area (TPSA) is 49.4 Å². The van der Waals surface area contributed by atoms with Crippen LogP contribution in [0.15, 0.2) is 24.3 Å². The monoisotopic (exact) mass is 468 g/mol. The Bertz CT molecular complexity index is 468. The molecule has 1 aromatic carbocycles. The van der Waals surface area contributed by atoms with Crippen molar-refractivity contribution in [3.8, 4) is 0 Å². The largest absolute Gasteiger partial charge is 1.00 e. The van der Waals surface area contributed by atoms with Gasteiger partial charge < -0.3 is 12.4 Å². The molecule has 7 heteroatoms. The Hall–Kier alpha value is -0.880. The zero-order chi connectivity index (χ0) is 12.4. The van der Waals surface area contributed by atoms with E-state index in [1.54, 1.807) is 24.3 Å². The minimum absolute atomic E-state index is 0. The summed E-state index contributed by atoms with van der Waals surface area (Å²) in [5.74, 6) is 0. The zero-order valence-corrected chi connectivity index (χ0v) is 13.6. The van der Waals surface area contributed by atoms with Gasteiger partial charge in [-0.15, -0.1) is 0 Å². The number of nitro groups is 1. The Kier molecular flexibility index (Phi) is 7.29. The van der Waals surface area contributed by atoms with E-state index < -0.39 is 0 Å². The molecule has 0 unspecified atom stereocenters. The smallest absolute Gasteiger partial charge is 1.00 e. The van der Waals surface area contributed by atoms with E-state index in [-0.39, 0.29) is 46.8 Å². The molecule has 0 fully saturated rings. The molecule has 0 aliphatic carbocycles. The first-order valence-corrected chi connectivity index (χ1v) is 5.70. The van der Waals surface area contributed by atoms with Crippen molar-refractivity contribution in [1.29, 1.82) is 0 Å². The Balaban J connectivity index is 0. The molecule has 19 heavy (non-hydrogen) atoms. The molecule has 1 aliphatic heterocycles. The summed E-state index contributed by atoms with van der Waals surface area (Å²) >= 11 is 0. The van der Waals surface area contributed by atoms with Crippen LogP contribution in [0, 0.1) is 10.1 Å². The fourth-order valence-corrected chi connectivity index (χ4v) is 1.87. The molecule has 0 saturated heterocycles. The summed E-state index contributed by atoms with van der Waals surface area (Å²) in [5, 5.41) is 10.6. The number of non-ortho nitro benzene ring substituents is 1. The molecule has 1 heterocycles. The van der Waals surface area contributed by atoms with E-state index in [4.69, 9.17) is 0 Å². The summed E-state index contributed by atoms with van der Waals surface area (Å²) in [6.45, 7) is 6.22. The van der Waals surface area contributed by atoms with Gasteiger partial charge in [-0.2, -0.15) is 0 Å². The van der Waals surface area contributed by atoms with Crippen LogP contribution in [0.5, 0.6) is 0 Å². The van der Waals surface area contributed by atoms with E-state index in [0.29, 0.717) is 6.04 Å². The number of nitro benzene ring substituents is 1. The summed E-state index contributed by atoms with van der Waals surface area (Å²) in [5.41, 5.74) is 1.13. The van der Waals surface area contributed by atoms with Gasteiger partial charge in [-0.1, -0.05) is 0 Å². The van der Waals surface area contributed by atoms with Crippen LogP contribution in [0.2, 0.25) is 0 Å². The number of hydrogen-bond donors (Lipinski definition) is 0. The Labute approximate surface area is 135 Å². The minimum Gasteiger partial charge on any atom is -1.00 e. The van der Waals surface area contributed by atoms with Gasteiger partial charge in [-0.05, 0) is 26.0 Å². The molecule has 5 nitrogen and oxygen atoms in total. The number of hydrogen-bond acceptors (Lipinski definition) is 3. The molecule has 0 bridgehead atoms. The maximum atomic E-state index is 10.6. The third kappa shape index (κ3) is 4.31. The third-order valence-corrected chi connectivity index (χ3v) is 2.94.